The minimum absolute atomic E-state index is 0.277. The molecule has 0 bridgehead atoms. The summed E-state index contributed by atoms with van der Waals surface area (Å²) in [7, 11) is -3.62. The topological polar surface area (TPSA) is 89.2 Å². The summed E-state index contributed by atoms with van der Waals surface area (Å²) in [5, 5.41) is 8.11. The third-order valence-corrected chi connectivity index (χ3v) is 6.36. The van der Waals surface area contributed by atoms with E-state index in [4.69, 9.17) is 4.42 Å². The lowest BCUT2D eigenvalue weighted by molar-refractivity contribution is 0.332. The van der Waals surface area contributed by atoms with Crippen molar-refractivity contribution in [1.82, 2.24) is 19.5 Å². The van der Waals surface area contributed by atoms with Crippen molar-refractivity contribution in [2.75, 3.05) is 6.54 Å². The molecule has 0 unspecified atom stereocenters. The van der Waals surface area contributed by atoms with E-state index in [2.05, 4.69) is 15.2 Å². The molecule has 0 radical (unpaired) electrons. The highest BCUT2D eigenvalue weighted by Crippen LogP contribution is 2.36. The lowest BCUT2D eigenvalue weighted by Gasteiger charge is -2.21. The first-order valence-electron chi connectivity index (χ1n) is 8.39. The Morgan fingerprint density at radius 2 is 1.92 bits per heavy atom. The van der Waals surface area contributed by atoms with Crippen molar-refractivity contribution in [2.24, 2.45) is 0 Å². The summed E-state index contributed by atoms with van der Waals surface area (Å²) in [6.45, 7) is 2.36. The van der Waals surface area contributed by atoms with Crippen LogP contribution in [0.2, 0.25) is 0 Å². The van der Waals surface area contributed by atoms with Crippen LogP contribution in [0.15, 0.2) is 58.0 Å². The van der Waals surface area contributed by atoms with Gasteiger partial charge in [0.05, 0.1) is 4.90 Å². The molecule has 0 amide bonds. The maximum atomic E-state index is 13.0. The summed E-state index contributed by atoms with van der Waals surface area (Å²) < 4.78 is 33.3. The Hall–Kier alpha value is -2.58. The largest absolute Gasteiger partial charge is 0.417 e. The maximum Gasteiger partial charge on any atom is 0.266 e. The van der Waals surface area contributed by atoms with E-state index >= 15 is 0 Å². The van der Waals surface area contributed by atoms with Crippen molar-refractivity contribution in [1.29, 1.82) is 0 Å². The van der Waals surface area contributed by atoms with Gasteiger partial charge >= 0.3 is 0 Å². The molecule has 8 heteroatoms. The van der Waals surface area contributed by atoms with Gasteiger partial charge in [0, 0.05) is 12.7 Å². The summed E-state index contributed by atoms with van der Waals surface area (Å²) in [5.41, 5.74) is 1.58. The molecule has 0 spiro atoms. The number of sulfonamides is 1. The first-order valence-corrected chi connectivity index (χ1v) is 9.83. The first kappa shape index (κ1) is 16.9. The standard InChI is InChI=1S/C18H18N4O3S/c1-13-7-9-14(10-8-13)26(23,24)22-12-4-6-16(22)18-21-20-17(25-18)15-5-2-3-11-19-15/h2-3,5,7-11,16H,4,6,12H2,1H3/t16-/m1/s1. The van der Waals surface area contributed by atoms with Crippen molar-refractivity contribution in [3.05, 3.63) is 60.1 Å². The molecule has 1 saturated heterocycles. The SMILES string of the molecule is Cc1ccc(S(=O)(=O)N2CCC[C@@H]2c2nnc(-c3ccccn3)o2)cc1. The van der Waals surface area contributed by atoms with Crippen LogP contribution in [0.25, 0.3) is 11.6 Å². The van der Waals surface area contributed by atoms with Crippen molar-refractivity contribution in [3.8, 4) is 11.6 Å². The Labute approximate surface area is 151 Å². The van der Waals surface area contributed by atoms with E-state index in [-0.39, 0.29) is 4.90 Å². The van der Waals surface area contributed by atoms with Gasteiger partial charge in [-0.25, -0.2) is 8.42 Å². The summed E-state index contributed by atoms with van der Waals surface area (Å²) in [6.07, 6.45) is 3.04. The summed E-state index contributed by atoms with van der Waals surface area (Å²) in [5.74, 6) is 0.596. The van der Waals surface area contributed by atoms with Crippen molar-refractivity contribution in [2.45, 2.75) is 30.7 Å². The number of aromatic nitrogens is 3. The Morgan fingerprint density at radius 1 is 1.12 bits per heavy atom. The zero-order chi connectivity index (χ0) is 18.1. The number of benzene rings is 1. The fourth-order valence-electron chi connectivity index (χ4n) is 3.08. The zero-order valence-electron chi connectivity index (χ0n) is 14.2. The molecule has 2 aromatic heterocycles. The van der Waals surface area contributed by atoms with Crippen LogP contribution in [0.1, 0.15) is 30.3 Å². The second-order valence-corrected chi connectivity index (χ2v) is 8.14. The van der Waals surface area contributed by atoms with Crippen LogP contribution in [-0.4, -0.2) is 34.4 Å². The lowest BCUT2D eigenvalue weighted by Crippen LogP contribution is -2.30. The normalized spacial score (nSPS) is 18.3. The van der Waals surface area contributed by atoms with Crippen molar-refractivity contribution >= 4 is 10.0 Å². The Kier molecular flexibility index (Phi) is 4.29. The number of nitrogens with zero attached hydrogens (tertiary/aromatic N) is 4. The molecule has 3 heterocycles. The van der Waals surface area contributed by atoms with Crippen LogP contribution >= 0.6 is 0 Å². The third-order valence-electron chi connectivity index (χ3n) is 4.44. The summed E-state index contributed by atoms with van der Waals surface area (Å²) in [6, 6.07) is 11.8. The van der Waals surface area contributed by atoms with Crippen LogP contribution in [0.5, 0.6) is 0 Å². The van der Waals surface area contributed by atoms with Crippen molar-refractivity contribution < 1.29 is 12.8 Å². The highest BCUT2D eigenvalue weighted by Gasteiger charge is 2.39. The van der Waals surface area contributed by atoms with Gasteiger partial charge in [-0.3, -0.25) is 4.98 Å². The number of aryl methyl sites for hydroxylation is 1. The molecule has 3 aromatic rings. The van der Waals surface area contributed by atoms with Gasteiger partial charge in [0.25, 0.3) is 5.89 Å². The molecule has 4 rings (SSSR count). The van der Waals surface area contributed by atoms with Crippen LogP contribution in [0.4, 0.5) is 0 Å². The Morgan fingerprint density at radius 3 is 2.65 bits per heavy atom. The highest BCUT2D eigenvalue weighted by atomic mass is 32.2. The van der Waals surface area contributed by atoms with Crippen LogP contribution < -0.4 is 0 Å². The second-order valence-electron chi connectivity index (χ2n) is 6.25. The molecule has 1 atom stereocenters. The Balaban J connectivity index is 1.65. The van der Waals surface area contributed by atoms with E-state index in [1.165, 1.54) is 4.31 Å². The van der Waals surface area contributed by atoms with Crippen LogP contribution in [-0.2, 0) is 10.0 Å². The first-order chi connectivity index (χ1) is 12.6. The maximum absolute atomic E-state index is 13.0. The van der Waals surface area contributed by atoms with Gasteiger partial charge in [0.2, 0.25) is 15.9 Å². The molecule has 1 aliphatic heterocycles. The van der Waals surface area contributed by atoms with Gasteiger partial charge in [-0.05, 0) is 44.0 Å². The molecule has 0 N–H and O–H groups in total. The molecule has 134 valence electrons. The van der Waals surface area contributed by atoms with Gasteiger partial charge in [0.15, 0.2) is 0 Å². The molecule has 1 aromatic carbocycles. The molecule has 1 aliphatic rings. The average molecular weight is 370 g/mol. The van der Waals surface area contributed by atoms with Crippen LogP contribution in [0, 0.1) is 6.92 Å². The van der Waals surface area contributed by atoms with E-state index in [0.717, 1.165) is 12.0 Å². The van der Waals surface area contributed by atoms with Gasteiger partial charge in [0.1, 0.15) is 11.7 Å². The summed E-state index contributed by atoms with van der Waals surface area (Å²) >= 11 is 0. The predicted molar refractivity (Wildman–Crippen MR) is 94.6 cm³/mol. The predicted octanol–water partition coefficient (Wildman–Crippen LogP) is 2.97. The fraction of sp³-hybridized carbons (Fsp3) is 0.278. The highest BCUT2D eigenvalue weighted by molar-refractivity contribution is 7.89. The number of rotatable bonds is 4. The molecule has 0 saturated carbocycles. The van der Waals surface area contributed by atoms with Crippen molar-refractivity contribution in [3.63, 3.8) is 0 Å². The van der Waals surface area contributed by atoms with E-state index in [1.54, 1.807) is 42.6 Å². The molecule has 7 nitrogen and oxygen atoms in total. The van der Waals surface area contributed by atoms with Crippen LogP contribution in [0.3, 0.4) is 0 Å². The monoisotopic (exact) mass is 370 g/mol. The third kappa shape index (κ3) is 3.02. The molecule has 1 fully saturated rings. The lowest BCUT2D eigenvalue weighted by atomic mass is 10.2. The average Bonchev–Trinajstić information content (AvgIpc) is 3.32. The van der Waals surface area contributed by atoms with Gasteiger partial charge in [-0.2, -0.15) is 4.31 Å². The fourth-order valence-corrected chi connectivity index (χ4v) is 4.73. The zero-order valence-corrected chi connectivity index (χ0v) is 15.1. The Bertz CT molecular complexity index is 1000. The molecular weight excluding hydrogens is 352 g/mol. The quantitative estimate of drug-likeness (QED) is 0.701. The van der Waals surface area contributed by atoms with E-state index in [0.29, 0.717) is 30.4 Å². The summed E-state index contributed by atoms with van der Waals surface area (Å²) in [4.78, 5) is 4.46. The van der Waals surface area contributed by atoms with E-state index in [1.807, 2.05) is 13.0 Å². The molecular formula is C18H18N4O3S. The number of pyridine rings is 1. The second kappa shape index (κ2) is 6.62. The number of hydrogen-bond donors (Lipinski definition) is 0. The van der Waals surface area contributed by atoms with Gasteiger partial charge in [-0.15, -0.1) is 10.2 Å². The smallest absolute Gasteiger partial charge is 0.266 e. The van der Waals surface area contributed by atoms with Gasteiger partial charge < -0.3 is 4.42 Å². The minimum atomic E-state index is -3.62. The minimum Gasteiger partial charge on any atom is -0.417 e. The molecule has 26 heavy (non-hydrogen) atoms. The van der Waals surface area contributed by atoms with E-state index < -0.39 is 16.1 Å². The molecule has 0 aliphatic carbocycles. The van der Waals surface area contributed by atoms with E-state index in [9.17, 15) is 8.42 Å². The number of hydrogen-bond acceptors (Lipinski definition) is 6. The van der Waals surface area contributed by atoms with Gasteiger partial charge in [-0.1, -0.05) is 23.8 Å².